The van der Waals surface area contributed by atoms with Crippen molar-refractivity contribution in [3.8, 4) is 11.5 Å². The Balaban J connectivity index is 1.72. The summed E-state index contributed by atoms with van der Waals surface area (Å²) < 4.78 is 11.1. The van der Waals surface area contributed by atoms with Crippen LogP contribution in [0.4, 0.5) is 5.69 Å². The highest BCUT2D eigenvalue weighted by atomic mass is 16.5. The normalized spacial score (nSPS) is 10.7. The van der Waals surface area contributed by atoms with Crippen LogP contribution in [0.2, 0.25) is 0 Å². The molecule has 3 heteroatoms. The maximum absolute atomic E-state index is 5.94. The van der Waals surface area contributed by atoms with E-state index >= 15 is 0 Å². The topological polar surface area (TPSA) is 30.8 Å². The van der Waals surface area contributed by atoms with Crippen molar-refractivity contribution < 1.29 is 9.47 Å². The Morgan fingerprint density at radius 2 is 1.54 bits per heavy atom. The second kappa shape index (κ2) is 7.97. The van der Waals surface area contributed by atoms with Gasteiger partial charge in [0.1, 0.15) is 18.1 Å². The zero-order chi connectivity index (χ0) is 16.6. The number of methoxy groups -OCH3 is 1. The Morgan fingerprint density at radius 1 is 0.833 bits per heavy atom. The minimum absolute atomic E-state index is 0.536. The predicted molar refractivity (Wildman–Crippen MR) is 97.5 cm³/mol. The summed E-state index contributed by atoms with van der Waals surface area (Å²) in [4.78, 5) is 4.51. The molecule has 3 aromatic carbocycles. The smallest absolute Gasteiger partial charge is 0.128 e. The van der Waals surface area contributed by atoms with Crippen molar-refractivity contribution in [3.63, 3.8) is 0 Å². The molecule has 0 bridgehead atoms. The number of nitrogens with zero attached hydrogens (tertiary/aromatic N) is 1. The Kier molecular flexibility index (Phi) is 5.25. The molecule has 120 valence electrons. The van der Waals surface area contributed by atoms with E-state index in [1.54, 1.807) is 7.11 Å². The van der Waals surface area contributed by atoms with E-state index in [-0.39, 0.29) is 0 Å². The minimum atomic E-state index is 0.536. The minimum Gasteiger partial charge on any atom is -0.497 e. The van der Waals surface area contributed by atoms with Crippen molar-refractivity contribution in [3.05, 3.63) is 90.0 Å². The van der Waals surface area contributed by atoms with Crippen LogP contribution in [0.5, 0.6) is 11.5 Å². The molecule has 0 N–H and O–H groups in total. The zero-order valence-corrected chi connectivity index (χ0v) is 13.6. The molecule has 0 fully saturated rings. The van der Waals surface area contributed by atoms with Crippen LogP contribution in [0.3, 0.4) is 0 Å². The average Bonchev–Trinajstić information content (AvgIpc) is 2.66. The monoisotopic (exact) mass is 317 g/mol. The Hall–Kier alpha value is -3.07. The summed E-state index contributed by atoms with van der Waals surface area (Å²) in [6.07, 6.45) is 1.82. The number of benzene rings is 3. The molecule has 0 spiro atoms. The second-order valence-electron chi connectivity index (χ2n) is 5.27. The van der Waals surface area contributed by atoms with Crippen molar-refractivity contribution in [2.75, 3.05) is 7.11 Å². The standard InChI is InChI=1S/C21H19NO2/c1-23-20-13-11-19(12-14-20)22-15-18-9-5-6-10-21(18)24-16-17-7-3-2-4-8-17/h2-15H,16H2,1H3. The number of ether oxygens (including phenoxy) is 2. The van der Waals surface area contributed by atoms with E-state index in [2.05, 4.69) is 4.99 Å². The second-order valence-corrected chi connectivity index (χ2v) is 5.27. The van der Waals surface area contributed by atoms with Crippen LogP contribution < -0.4 is 9.47 Å². The quantitative estimate of drug-likeness (QED) is 0.597. The van der Waals surface area contributed by atoms with Crippen LogP contribution in [-0.4, -0.2) is 13.3 Å². The third-order valence-corrected chi connectivity index (χ3v) is 3.58. The lowest BCUT2D eigenvalue weighted by Crippen LogP contribution is -1.97. The molecule has 0 aliphatic heterocycles. The van der Waals surface area contributed by atoms with Gasteiger partial charge in [0.25, 0.3) is 0 Å². The summed E-state index contributed by atoms with van der Waals surface area (Å²) in [5.41, 5.74) is 2.96. The molecule has 0 atom stereocenters. The molecule has 0 saturated carbocycles. The molecular weight excluding hydrogens is 298 g/mol. The molecule has 0 aliphatic carbocycles. The molecular formula is C21H19NO2. The van der Waals surface area contributed by atoms with Crippen LogP contribution in [0, 0.1) is 0 Å². The zero-order valence-electron chi connectivity index (χ0n) is 13.6. The number of hydrogen-bond donors (Lipinski definition) is 0. The van der Waals surface area contributed by atoms with Gasteiger partial charge in [0.15, 0.2) is 0 Å². The molecule has 0 radical (unpaired) electrons. The number of rotatable bonds is 6. The summed E-state index contributed by atoms with van der Waals surface area (Å²) in [7, 11) is 1.65. The molecule has 0 aromatic heterocycles. The molecule has 24 heavy (non-hydrogen) atoms. The van der Waals surface area contributed by atoms with Crippen molar-refractivity contribution in [2.45, 2.75) is 6.61 Å². The Morgan fingerprint density at radius 3 is 2.29 bits per heavy atom. The van der Waals surface area contributed by atoms with E-state index in [4.69, 9.17) is 9.47 Å². The van der Waals surface area contributed by atoms with Gasteiger partial charge in [-0.25, -0.2) is 0 Å². The molecule has 3 nitrogen and oxygen atoms in total. The lowest BCUT2D eigenvalue weighted by molar-refractivity contribution is 0.306. The van der Waals surface area contributed by atoms with E-state index in [1.807, 2.05) is 85.1 Å². The van der Waals surface area contributed by atoms with Gasteiger partial charge in [-0.05, 0) is 42.0 Å². The average molecular weight is 317 g/mol. The highest BCUT2D eigenvalue weighted by Gasteiger charge is 2.01. The third-order valence-electron chi connectivity index (χ3n) is 3.58. The molecule has 0 amide bonds. The van der Waals surface area contributed by atoms with Crippen molar-refractivity contribution in [1.82, 2.24) is 0 Å². The van der Waals surface area contributed by atoms with Crippen molar-refractivity contribution in [1.29, 1.82) is 0 Å². The first-order valence-corrected chi connectivity index (χ1v) is 7.79. The molecule has 0 aliphatic rings. The third kappa shape index (κ3) is 4.23. The highest BCUT2D eigenvalue weighted by Crippen LogP contribution is 2.21. The molecule has 0 saturated heterocycles. The van der Waals surface area contributed by atoms with Gasteiger partial charge in [-0.2, -0.15) is 0 Å². The summed E-state index contributed by atoms with van der Waals surface area (Å²) >= 11 is 0. The molecule has 3 rings (SSSR count). The fourth-order valence-electron chi connectivity index (χ4n) is 2.27. The predicted octanol–water partition coefficient (Wildman–Crippen LogP) is 5.02. The highest BCUT2D eigenvalue weighted by molar-refractivity contribution is 5.85. The van der Waals surface area contributed by atoms with Gasteiger partial charge in [0, 0.05) is 11.8 Å². The van der Waals surface area contributed by atoms with E-state index < -0.39 is 0 Å². The van der Waals surface area contributed by atoms with Gasteiger partial charge in [-0.3, -0.25) is 4.99 Å². The maximum Gasteiger partial charge on any atom is 0.128 e. The molecule has 3 aromatic rings. The summed E-state index contributed by atoms with van der Waals surface area (Å²) in [6.45, 7) is 0.536. The fraction of sp³-hybridized carbons (Fsp3) is 0.0952. The van der Waals surface area contributed by atoms with Gasteiger partial charge in [-0.1, -0.05) is 42.5 Å². The van der Waals surface area contributed by atoms with Gasteiger partial charge < -0.3 is 9.47 Å². The van der Waals surface area contributed by atoms with Gasteiger partial charge in [0.2, 0.25) is 0 Å². The SMILES string of the molecule is COc1ccc(N=Cc2ccccc2OCc2ccccc2)cc1. The first-order chi connectivity index (χ1) is 11.8. The summed E-state index contributed by atoms with van der Waals surface area (Å²) in [5.74, 6) is 1.64. The van der Waals surface area contributed by atoms with Crippen LogP contribution in [0.15, 0.2) is 83.9 Å². The lowest BCUT2D eigenvalue weighted by atomic mass is 10.2. The van der Waals surface area contributed by atoms with Crippen LogP contribution >= 0.6 is 0 Å². The van der Waals surface area contributed by atoms with E-state index in [0.717, 1.165) is 28.3 Å². The first-order valence-electron chi connectivity index (χ1n) is 7.79. The maximum atomic E-state index is 5.94. The van der Waals surface area contributed by atoms with Crippen LogP contribution in [-0.2, 0) is 6.61 Å². The van der Waals surface area contributed by atoms with Crippen molar-refractivity contribution in [2.24, 2.45) is 4.99 Å². The van der Waals surface area contributed by atoms with E-state index in [0.29, 0.717) is 6.61 Å². The summed E-state index contributed by atoms with van der Waals surface area (Å²) in [6, 6.07) is 25.6. The molecule has 0 unspecified atom stereocenters. The van der Waals surface area contributed by atoms with Gasteiger partial charge in [-0.15, -0.1) is 0 Å². The van der Waals surface area contributed by atoms with Gasteiger partial charge in [0.05, 0.1) is 12.8 Å². The fourth-order valence-corrected chi connectivity index (χ4v) is 2.27. The van der Waals surface area contributed by atoms with Crippen molar-refractivity contribution >= 4 is 11.9 Å². The summed E-state index contributed by atoms with van der Waals surface area (Å²) in [5, 5.41) is 0. The lowest BCUT2D eigenvalue weighted by Gasteiger charge is -2.09. The largest absolute Gasteiger partial charge is 0.497 e. The van der Waals surface area contributed by atoms with E-state index in [1.165, 1.54) is 0 Å². The van der Waals surface area contributed by atoms with E-state index in [9.17, 15) is 0 Å². The number of para-hydroxylation sites is 1. The number of aliphatic imine (C=N–C) groups is 1. The Labute approximate surface area is 142 Å². The Bertz CT molecular complexity index is 796. The molecule has 0 heterocycles. The van der Waals surface area contributed by atoms with Gasteiger partial charge >= 0.3 is 0 Å². The van der Waals surface area contributed by atoms with Crippen LogP contribution in [0.1, 0.15) is 11.1 Å². The number of hydrogen-bond acceptors (Lipinski definition) is 3. The first kappa shape index (κ1) is 15.8. The van der Waals surface area contributed by atoms with Crippen LogP contribution in [0.25, 0.3) is 0 Å².